The van der Waals surface area contributed by atoms with E-state index in [-0.39, 0.29) is 0 Å². The van der Waals surface area contributed by atoms with Crippen molar-refractivity contribution in [1.29, 1.82) is 0 Å². The Morgan fingerprint density at radius 2 is 2.12 bits per heavy atom. The molecule has 0 amide bonds. The Balaban J connectivity index is 2.23. The van der Waals surface area contributed by atoms with E-state index in [1.807, 2.05) is 18.2 Å². The molecule has 0 aliphatic carbocycles. The van der Waals surface area contributed by atoms with Gasteiger partial charge in [-0.1, -0.05) is 0 Å². The number of benzene rings is 1. The Hall–Kier alpha value is -1.81. The van der Waals surface area contributed by atoms with Crippen LogP contribution in [0.15, 0.2) is 30.5 Å². The number of nitrogens with two attached hydrogens (primary N) is 1. The normalized spacial score (nSPS) is 10.6. The maximum absolute atomic E-state index is 5.83. The highest BCUT2D eigenvalue weighted by molar-refractivity contribution is 5.90. The van der Waals surface area contributed by atoms with Crippen LogP contribution in [0.5, 0.6) is 5.75 Å². The van der Waals surface area contributed by atoms with Gasteiger partial charge in [-0.2, -0.15) is 0 Å². The number of fused-ring (bicyclic) bond motifs is 1. The molecule has 0 radical (unpaired) electrons. The Bertz CT molecular complexity index is 485. The Morgan fingerprint density at radius 1 is 1.25 bits per heavy atom. The van der Waals surface area contributed by atoms with E-state index in [0.717, 1.165) is 22.3 Å². The molecule has 0 aliphatic rings. The zero-order chi connectivity index (χ0) is 11.4. The van der Waals surface area contributed by atoms with Crippen molar-refractivity contribution in [2.75, 3.05) is 26.1 Å². The van der Waals surface area contributed by atoms with Crippen LogP contribution >= 0.6 is 0 Å². The molecule has 0 spiro atoms. The lowest BCUT2D eigenvalue weighted by Gasteiger charge is -2.07. The lowest BCUT2D eigenvalue weighted by molar-refractivity contribution is 0.146. The van der Waals surface area contributed by atoms with Gasteiger partial charge in [-0.3, -0.25) is 4.98 Å². The molecule has 0 unspecified atom stereocenters. The number of anilines is 1. The summed E-state index contributed by atoms with van der Waals surface area (Å²) < 4.78 is 10.4. The first kappa shape index (κ1) is 10.7. The average Bonchev–Trinajstić information content (AvgIpc) is 2.30. The number of methoxy groups -OCH3 is 1. The number of nitrogens with zero attached hydrogens (tertiary/aromatic N) is 1. The maximum Gasteiger partial charge on any atom is 0.121 e. The molecular formula is C12H14N2O2. The van der Waals surface area contributed by atoms with Crippen molar-refractivity contribution in [3.63, 3.8) is 0 Å². The van der Waals surface area contributed by atoms with Crippen molar-refractivity contribution < 1.29 is 9.47 Å². The van der Waals surface area contributed by atoms with Gasteiger partial charge in [0.1, 0.15) is 12.4 Å². The predicted molar refractivity (Wildman–Crippen MR) is 63.5 cm³/mol. The number of hydrogen-bond acceptors (Lipinski definition) is 4. The maximum atomic E-state index is 5.83. The van der Waals surface area contributed by atoms with Crippen molar-refractivity contribution in [3.05, 3.63) is 30.5 Å². The van der Waals surface area contributed by atoms with Gasteiger partial charge in [0.15, 0.2) is 0 Å². The third-order valence-corrected chi connectivity index (χ3v) is 2.30. The largest absolute Gasteiger partial charge is 0.491 e. The number of ether oxygens (including phenoxy) is 2. The lowest BCUT2D eigenvalue weighted by atomic mass is 10.2. The molecule has 0 aliphatic heterocycles. The summed E-state index contributed by atoms with van der Waals surface area (Å²) in [6, 6.07) is 7.46. The highest BCUT2D eigenvalue weighted by Crippen LogP contribution is 2.23. The standard InChI is InChI=1S/C12H14N2O2/c1-15-6-7-16-9-2-3-10-11(13)4-5-14-12(10)8-9/h2-5,8H,6-7H2,1H3,(H2,13,14). The van der Waals surface area contributed by atoms with Crippen molar-refractivity contribution in [2.24, 2.45) is 0 Å². The van der Waals surface area contributed by atoms with Gasteiger partial charge in [0.2, 0.25) is 0 Å². The zero-order valence-corrected chi connectivity index (χ0v) is 9.14. The number of rotatable bonds is 4. The fourth-order valence-corrected chi connectivity index (χ4v) is 1.48. The predicted octanol–water partition coefficient (Wildman–Crippen LogP) is 1.84. The molecule has 0 atom stereocenters. The summed E-state index contributed by atoms with van der Waals surface area (Å²) in [4.78, 5) is 4.24. The fourth-order valence-electron chi connectivity index (χ4n) is 1.48. The van der Waals surface area contributed by atoms with Crippen LogP contribution in [0.4, 0.5) is 5.69 Å². The molecule has 1 aromatic carbocycles. The second-order valence-electron chi connectivity index (χ2n) is 3.42. The van der Waals surface area contributed by atoms with E-state index in [4.69, 9.17) is 15.2 Å². The topological polar surface area (TPSA) is 57.4 Å². The van der Waals surface area contributed by atoms with Gasteiger partial charge in [0.05, 0.1) is 12.1 Å². The highest BCUT2D eigenvalue weighted by Gasteiger charge is 2.00. The van der Waals surface area contributed by atoms with E-state index in [2.05, 4.69) is 4.98 Å². The molecule has 2 aromatic rings. The first-order valence-electron chi connectivity index (χ1n) is 5.07. The monoisotopic (exact) mass is 218 g/mol. The molecule has 16 heavy (non-hydrogen) atoms. The van der Waals surface area contributed by atoms with Crippen molar-refractivity contribution >= 4 is 16.6 Å². The molecule has 0 saturated heterocycles. The number of hydrogen-bond donors (Lipinski definition) is 1. The van der Waals surface area contributed by atoms with Crippen molar-refractivity contribution in [1.82, 2.24) is 4.98 Å². The molecule has 0 saturated carbocycles. The molecule has 0 bridgehead atoms. The summed E-state index contributed by atoms with van der Waals surface area (Å²) in [7, 11) is 1.64. The fraction of sp³-hybridized carbons (Fsp3) is 0.250. The van der Waals surface area contributed by atoms with E-state index in [9.17, 15) is 0 Å². The first-order chi connectivity index (χ1) is 7.81. The Kier molecular flexibility index (Phi) is 3.22. The minimum absolute atomic E-state index is 0.532. The van der Waals surface area contributed by atoms with Gasteiger partial charge >= 0.3 is 0 Å². The van der Waals surface area contributed by atoms with Crippen molar-refractivity contribution in [3.8, 4) is 5.75 Å². The molecule has 1 aromatic heterocycles. The summed E-state index contributed by atoms with van der Waals surface area (Å²) in [5.74, 6) is 0.780. The van der Waals surface area contributed by atoms with Gasteiger partial charge in [0.25, 0.3) is 0 Å². The van der Waals surface area contributed by atoms with E-state index in [1.165, 1.54) is 0 Å². The zero-order valence-electron chi connectivity index (χ0n) is 9.14. The molecule has 0 fully saturated rings. The van der Waals surface area contributed by atoms with Gasteiger partial charge in [0, 0.05) is 30.4 Å². The third kappa shape index (κ3) is 2.23. The summed E-state index contributed by atoms with van der Waals surface area (Å²) in [5, 5.41) is 0.946. The van der Waals surface area contributed by atoms with Crippen LogP contribution in [0.3, 0.4) is 0 Å². The molecule has 1 heterocycles. The SMILES string of the molecule is COCCOc1ccc2c(N)ccnc2c1. The van der Waals surface area contributed by atoms with Crippen LogP contribution in [-0.2, 0) is 4.74 Å². The van der Waals surface area contributed by atoms with E-state index < -0.39 is 0 Å². The van der Waals surface area contributed by atoms with Crippen LogP contribution in [0.25, 0.3) is 10.9 Å². The number of nitrogen functional groups attached to an aromatic ring is 1. The summed E-state index contributed by atoms with van der Waals surface area (Å²) in [6.45, 7) is 1.10. The van der Waals surface area contributed by atoms with Gasteiger partial charge in [-0.15, -0.1) is 0 Å². The average molecular weight is 218 g/mol. The molecular weight excluding hydrogens is 204 g/mol. The molecule has 2 N–H and O–H groups in total. The van der Waals surface area contributed by atoms with Crippen LogP contribution in [0.1, 0.15) is 0 Å². The molecule has 4 heteroatoms. The number of aromatic nitrogens is 1. The highest BCUT2D eigenvalue weighted by atomic mass is 16.5. The second-order valence-corrected chi connectivity index (χ2v) is 3.42. The number of pyridine rings is 1. The van der Waals surface area contributed by atoms with E-state index in [0.29, 0.717) is 13.2 Å². The van der Waals surface area contributed by atoms with E-state index in [1.54, 1.807) is 19.4 Å². The molecule has 84 valence electrons. The molecule has 2 rings (SSSR count). The lowest BCUT2D eigenvalue weighted by Crippen LogP contribution is -2.04. The summed E-state index contributed by atoms with van der Waals surface area (Å²) in [5.41, 5.74) is 7.40. The van der Waals surface area contributed by atoms with Crippen LogP contribution in [-0.4, -0.2) is 25.3 Å². The minimum atomic E-state index is 0.532. The van der Waals surface area contributed by atoms with E-state index >= 15 is 0 Å². The molecule has 4 nitrogen and oxygen atoms in total. The van der Waals surface area contributed by atoms with Crippen molar-refractivity contribution in [2.45, 2.75) is 0 Å². The summed E-state index contributed by atoms with van der Waals surface area (Å²) in [6.07, 6.45) is 1.69. The minimum Gasteiger partial charge on any atom is -0.491 e. The van der Waals surface area contributed by atoms with Crippen LogP contribution in [0.2, 0.25) is 0 Å². The quantitative estimate of drug-likeness (QED) is 0.795. The second kappa shape index (κ2) is 4.81. The van der Waals surface area contributed by atoms with Gasteiger partial charge in [-0.25, -0.2) is 0 Å². The van der Waals surface area contributed by atoms with Crippen LogP contribution < -0.4 is 10.5 Å². The smallest absolute Gasteiger partial charge is 0.121 e. The Labute approximate surface area is 94.0 Å². The van der Waals surface area contributed by atoms with Crippen LogP contribution in [0, 0.1) is 0 Å². The van der Waals surface area contributed by atoms with Gasteiger partial charge in [-0.05, 0) is 18.2 Å². The first-order valence-corrected chi connectivity index (χ1v) is 5.07. The van der Waals surface area contributed by atoms with Gasteiger partial charge < -0.3 is 15.2 Å². The Morgan fingerprint density at radius 3 is 2.94 bits per heavy atom. The summed E-state index contributed by atoms with van der Waals surface area (Å²) >= 11 is 0. The third-order valence-electron chi connectivity index (χ3n) is 2.30.